The number of carboxylic acid groups (broad SMARTS) is 1. The Bertz CT molecular complexity index is 737. The summed E-state index contributed by atoms with van der Waals surface area (Å²) in [5, 5.41) is 11.9. The molecule has 0 saturated carbocycles. The van der Waals surface area contributed by atoms with E-state index in [0.717, 1.165) is 9.80 Å². The monoisotopic (exact) mass is 346 g/mol. The van der Waals surface area contributed by atoms with Crippen molar-refractivity contribution in [3.05, 3.63) is 35.9 Å². The smallest absolute Gasteiger partial charge is 0.347 e. The minimum atomic E-state index is -1.33. The molecular formula is C16H18N4O5. The molecule has 1 aromatic carbocycles. The Morgan fingerprint density at radius 1 is 1.28 bits per heavy atom. The Morgan fingerprint density at radius 2 is 1.92 bits per heavy atom. The highest BCUT2D eigenvalue weighted by Gasteiger charge is 2.60. The van der Waals surface area contributed by atoms with E-state index in [2.05, 4.69) is 5.32 Å². The molecule has 0 aromatic heterocycles. The number of hydrogen-bond donors (Lipinski definition) is 3. The standard InChI is InChI=1S/C16H18N4O5/c1-8(21)19-7-10-12(15(23)20(10)14(19)16(24)25)18-13(22)11(17)9-5-3-2-4-6-9/h2-6,10-12,14H,7,17H2,1H3,(H,18,22)(H,24,25)/t10?,11?,12-,14?/m0/s1. The van der Waals surface area contributed by atoms with Crippen molar-refractivity contribution in [1.82, 2.24) is 15.1 Å². The van der Waals surface area contributed by atoms with Crippen LogP contribution in [0.2, 0.25) is 0 Å². The number of hydrogen-bond acceptors (Lipinski definition) is 5. The number of amides is 3. The largest absolute Gasteiger partial charge is 0.478 e. The first-order chi connectivity index (χ1) is 11.8. The fourth-order valence-electron chi connectivity index (χ4n) is 3.28. The van der Waals surface area contributed by atoms with Crippen molar-refractivity contribution in [2.75, 3.05) is 6.54 Å². The highest BCUT2D eigenvalue weighted by atomic mass is 16.4. The molecule has 0 spiro atoms. The SMILES string of the molecule is CC(=O)N1CC2[C@H](NC(=O)C(N)c3ccccc3)C(=O)N2C1C(=O)O. The fraction of sp³-hybridized carbons (Fsp3) is 0.375. The summed E-state index contributed by atoms with van der Waals surface area (Å²) in [6, 6.07) is 6.30. The van der Waals surface area contributed by atoms with Gasteiger partial charge in [0.05, 0.1) is 6.04 Å². The van der Waals surface area contributed by atoms with Crippen LogP contribution in [0.15, 0.2) is 30.3 Å². The first kappa shape index (κ1) is 16.9. The second-order valence-electron chi connectivity index (χ2n) is 6.07. The lowest BCUT2D eigenvalue weighted by Gasteiger charge is -2.43. The maximum Gasteiger partial charge on any atom is 0.347 e. The maximum absolute atomic E-state index is 12.3. The number of nitrogens with two attached hydrogens (primary N) is 1. The van der Waals surface area contributed by atoms with E-state index in [9.17, 15) is 24.3 Å². The van der Waals surface area contributed by atoms with Crippen LogP contribution in [0.3, 0.4) is 0 Å². The predicted octanol–water partition coefficient (Wildman–Crippen LogP) is -1.35. The number of β-lactam (4-membered cyclic amide) rings is 1. The molecule has 9 heteroatoms. The molecule has 2 aliphatic rings. The molecule has 0 bridgehead atoms. The molecule has 0 aliphatic carbocycles. The van der Waals surface area contributed by atoms with Gasteiger partial charge in [-0.15, -0.1) is 0 Å². The normalized spacial score (nSPS) is 25.8. The lowest BCUT2D eigenvalue weighted by Crippen LogP contribution is -2.72. The van der Waals surface area contributed by atoms with Crippen molar-refractivity contribution in [3.63, 3.8) is 0 Å². The van der Waals surface area contributed by atoms with Crippen LogP contribution >= 0.6 is 0 Å². The molecule has 3 rings (SSSR count). The van der Waals surface area contributed by atoms with Crippen molar-refractivity contribution in [3.8, 4) is 0 Å². The van der Waals surface area contributed by atoms with E-state index >= 15 is 0 Å². The number of carbonyl (C=O) groups excluding carboxylic acids is 3. The van der Waals surface area contributed by atoms with E-state index in [-0.39, 0.29) is 6.54 Å². The third-order valence-electron chi connectivity index (χ3n) is 4.57. The summed E-state index contributed by atoms with van der Waals surface area (Å²) in [5.74, 6) is -2.79. The van der Waals surface area contributed by atoms with Gasteiger partial charge in [0.2, 0.25) is 23.9 Å². The van der Waals surface area contributed by atoms with E-state index in [1.165, 1.54) is 6.92 Å². The third kappa shape index (κ3) is 2.72. The molecule has 2 heterocycles. The topological polar surface area (TPSA) is 133 Å². The van der Waals surface area contributed by atoms with Gasteiger partial charge in [0.1, 0.15) is 12.1 Å². The second kappa shape index (κ2) is 6.17. The Labute approximate surface area is 143 Å². The highest BCUT2D eigenvalue weighted by Crippen LogP contribution is 2.33. The average Bonchev–Trinajstić information content (AvgIpc) is 2.96. The van der Waals surface area contributed by atoms with Crippen molar-refractivity contribution >= 4 is 23.7 Å². The van der Waals surface area contributed by atoms with Gasteiger partial charge in [0.15, 0.2) is 0 Å². The maximum atomic E-state index is 12.3. The van der Waals surface area contributed by atoms with Crippen molar-refractivity contribution in [2.45, 2.75) is 31.2 Å². The lowest BCUT2D eigenvalue weighted by atomic mass is 9.95. The molecule has 0 radical (unpaired) electrons. The molecule has 1 aromatic rings. The van der Waals surface area contributed by atoms with Gasteiger partial charge in [-0.05, 0) is 5.56 Å². The van der Waals surface area contributed by atoms with Crippen LogP contribution in [0.5, 0.6) is 0 Å². The second-order valence-corrected chi connectivity index (χ2v) is 6.07. The zero-order valence-corrected chi connectivity index (χ0v) is 13.5. The van der Waals surface area contributed by atoms with Crippen LogP contribution in [0, 0.1) is 0 Å². The Morgan fingerprint density at radius 3 is 2.48 bits per heavy atom. The van der Waals surface area contributed by atoms with Gasteiger partial charge in [-0.1, -0.05) is 30.3 Å². The van der Waals surface area contributed by atoms with Crippen LogP contribution in [0.1, 0.15) is 18.5 Å². The summed E-state index contributed by atoms with van der Waals surface area (Å²) >= 11 is 0. The van der Waals surface area contributed by atoms with Crippen LogP contribution in [-0.2, 0) is 19.2 Å². The number of aliphatic carboxylic acids is 1. The zero-order chi connectivity index (χ0) is 18.3. The Hall–Kier alpha value is -2.94. The van der Waals surface area contributed by atoms with Gasteiger partial charge in [-0.2, -0.15) is 0 Å². The summed E-state index contributed by atoms with van der Waals surface area (Å²) in [4.78, 5) is 49.8. The van der Waals surface area contributed by atoms with Crippen LogP contribution < -0.4 is 11.1 Å². The third-order valence-corrected chi connectivity index (χ3v) is 4.57. The number of carboxylic acids is 1. The summed E-state index contributed by atoms with van der Waals surface area (Å²) in [5.41, 5.74) is 6.50. The number of nitrogens with zero attached hydrogens (tertiary/aromatic N) is 2. The molecule has 132 valence electrons. The minimum Gasteiger partial charge on any atom is -0.478 e. The van der Waals surface area contributed by atoms with Gasteiger partial charge < -0.3 is 26.0 Å². The van der Waals surface area contributed by atoms with Gasteiger partial charge >= 0.3 is 5.97 Å². The minimum absolute atomic E-state index is 0.0591. The number of benzene rings is 1. The fourth-order valence-corrected chi connectivity index (χ4v) is 3.28. The van der Waals surface area contributed by atoms with Crippen LogP contribution in [0.4, 0.5) is 0 Å². The van der Waals surface area contributed by atoms with Gasteiger partial charge in [0, 0.05) is 13.5 Å². The highest BCUT2D eigenvalue weighted by molar-refractivity contribution is 5.99. The molecular weight excluding hydrogens is 328 g/mol. The van der Waals surface area contributed by atoms with Gasteiger partial charge in [0.25, 0.3) is 0 Å². The van der Waals surface area contributed by atoms with E-state index in [0.29, 0.717) is 5.56 Å². The number of nitrogens with one attached hydrogen (secondary N) is 1. The predicted molar refractivity (Wildman–Crippen MR) is 84.7 cm³/mol. The average molecular weight is 346 g/mol. The van der Waals surface area contributed by atoms with Crippen molar-refractivity contribution in [2.24, 2.45) is 5.73 Å². The first-order valence-corrected chi connectivity index (χ1v) is 7.76. The molecule has 4 N–H and O–H groups in total. The zero-order valence-electron chi connectivity index (χ0n) is 13.5. The number of rotatable bonds is 4. The number of fused-ring (bicyclic) bond motifs is 1. The van der Waals surface area contributed by atoms with Gasteiger partial charge in [-0.25, -0.2) is 4.79 Å². The molecule has 3 unspecified atom stereocenters. The molecule has 25 heavy (non-hydrogen) atoms. The first-order valence-electron chi connectivity index (χ1n) is 7.76. The van der Waals surface area contributed by atoms with E-state index in [1.54, 1.807) is 30.3 Å². The van der Waals surface area contributed by atoms with Crippen molar-refractivity contribution in [1.29, 1.82) is 0 Å². The quantitative estimate of drug-likeness (QED) is 0.578. The summed E-state index contributed by atoms with van der Waals surface area (Å²) < 4.78 is 0. The number of carbonyl (C=O) groups is 4. The summed E-state index contributed by atoms with van der Waals surface area (Å²) in [6.07, 6.45) is -1.33. The summed E-state index contributed by atoms with van der Waals surface area (Å²) in [7, 11) is 0. The lowest BCUT2D eigenvalue weighted by molar-refractivity contribution is -0.165. The van der Waals surface area contributed by atoms with Crippen LogP contribution in [-0.4, -0.2) is 63.4 Å². The Kier molecular flexibility index (Phi) is 4.17. The molecule has 3 amide bonds. The molecule has 2 aliphatic heterocycles. The van der Waals surface area contributed by atoms with Gasteiger partial charge in [-0.3, -0.25) is 14.4 Å². The summed E-state index contributed by atoms with van der Waals surface area (Å²) in [6.45, 7) is 1.30. The van der Waals surface area contributed by atoms with Crippen LogP contribution in [0.25, 0.3) is 0 Å². The van der Waals surface area contributed by atoms with E-state index < -0.39 is 48.0 Å². The van der Waals surface area contributed by atoms with E-state index in [4.69, 9.17) is 5.73 Å². The molecule has 9 nitrogen and oxygen atoms in total. The molecule has 2 saturated heterocycles. The van der Waals surface area contributed by atoms with E-state index in [1.807, 2.05) is 0 Å². The molecule has 4 atom stereocenters. The Balaban J connectivity index is 1.72. The van der Waals surface area contributed by atoms with Crippen molar-refractivity contribution < 1.29 is 24.3 Å². The molecule has 2 fully saturated rings.